The Morgan fingerprint density at radius 1 is 1.45 bits per heavy atom. The number of nitro groups is 1. The first-order valence-corrected chi connectivity index (χ1v) is 7.13. The molecule has 2 aromatic rings. The average molecular weight is 357 g/mol. The lowest BCUT2D eigenvalue weighted by Gasteiger charge is -2.15. The number of aliphatic carboxylic acids is 1. The standard InChI is InChI=1S/C12H9BrN2O4S/c13-8-6-7(15(18)19)3-4-9(8)14-11(12(16)17)10-2-1-5-20-10/h1-6,11,14H,(H,16,17). The predicted molar refractivity (Wildman–Crippen MR) is 79.1 cm³/mol. The van der Waals surface area contributed by atoms with E-state index in [0.29, 0.717) is 15.0 Å². The Bertz CT molecular complexity index is 645. The van der Waals surface area contributed by atoms with Crippen molar-refractivity contribution in [2.24, 2.45) is 0 Å². The molecule has 0 saturated heterocycles. The highest BCUT2D eigenvalue weighted by molar-refractivity contribution is 9.10. The van der Waals surface area contributed by atoms with Crippen molar-refractivity contribution in [2.75, 3.05) is 5.32 Å². The second-order valence-corrected chi connectivity index (χ2v) is 5.69. The van der Waals surface area contributed by atoms with Crippen LogP contribution in [0.1, 0.15) is 10.9 Å². The zero-order chi connectivity index (χ0) is 14.7. The highest BCUT2D eigenvalue weighted by atomic mass is 79.9. The maximum Gasteiger partial charge on any atom is 0.331 e. The third-order valence-electron chi connectivity index (χ3n) is 2.54. The zero-order valence-corrected chi connectivity index (χ0v) is 12.3. The minimum Gasteiger partial charge on any atom is -0.479 e. The number of rotatable bonds is 5. The number of carboxylic acid groups (broad SMARTS) is 1. The summed E-state index contributed by atoms with van der Waals surface area (Å²) in [5.41, 5.74) is 0.418. The van der Waals surface area contributed by atoms with Crippen molar-refractivity contribution in [2.45, 2.75) is 6.04 Å². The van der Waals surface area contributed by atoms with Crippen molar-refractivity contribution in [3.63, 3.8) is 0 Å². The van der Waals surface area contributed by atoms with Gasteiger partial charge in [0.05, 0.1) is 4.92 Å². The molecule has 1 heterocycles. The first kappa shape index (κ1) is 14.5. The van der Waals surface area contributed by atoms with E-state index in [1.54, 1.807) is 17.5 Å². The molecule has 104 valence electrons. The summed E-state index contributed by atoms with van der Waals surface area (Å²) in [4.78, 5) is 22.1. The van der Waals surface area contributed by atoms with Crippen LogP contribution in [-0.2, 0) is 4.79 Å². The Hall–Kier alpha value is -1.93. The molecule has 20 heavy (non-hydrogen) atoms. The molecule has 2 N–H and O–H groups in total. The molecule has 8 heteroatoms. The second-order valence-electron chi connectivity index (χ2n) is 3.85. The van der Waals surface area contributed by atoms with Crippen LogP contribution in [0.3, 0.4) is 0 Å². The van der Waals surface area contributed by atoms with Gasteiger partial charge in [-0.05, 0) is 33.4 Å². The van der Waals surface area contributed by atoms with Crippen LogP contribution >= 0.6 is 27.3 Å². The number of carbonyl (C=O) groups is 1. The maximum atomic E-state index is 11.3. The third-order valence-corrected chi connectivity index (χ3v) is 4.13. The van der Waals surface area contributed by atoms with Crippen LogP contribution in [0.2, 0.25) is 0 Å². The van der Waals surface area contributed by atoms with Crippen LogP contribution in [0, 0.1) is 10.1 Å². The van der Waals surface area contributed by atoms with Gasteiger partial charge in [0.15, 0.2) is 6.04 Å². The normalized spacial score (nSPS) is 11.8. The SMILES string of the molecule is O=C(O)C(Nc1ccc([N+](=O)[O-])cc1Br)c1cccs1. The number of hydrogen-bond acceptors (Lipinski definition) is 5. The minimum absolute atomic E-state index is 0.0644. The monoisotopic (exact) mass is 356 g/mol. The van der Waals surface area contributed by atoms with Gasteiger partial charge in [-0.15, -0.1) is 11.3 Å². The zero-order valence-electron chi connectivity index (χ0n) is 9.95. The number of benzene rings is 1. The highest BCUT2D eigenvalue weighted by Crippen LogP contribution is 2.31. The number of hydrogen-bond donors (Lipinski definition) is 2. The molecule has 1 aromatic carbocycles. The number of nitrogens with one attached hydrogen (secondary N) is 1. The molecule has 0 fully saturated rings. The molecule has 0 saturated carbocycles. The van der Waals surface area contributed by atoms with Crippen LogP contribution in [0.15, 0.2) is 40.2 Å². The molecule has 0 bridgehead atoms. The van der Waals surface area contributed by atoms with Gasteiger partial charge < -0.3 is 10.4 Å². The Morgan fingerprint density at radius 2 is 2.20 bits per heavy atom. The predicted octanol–water partition coefficient (Wildman–Crippen LogP) is 3.66. The van der Waals surface area contributed by atoms with Crippen LogP contribution in [-0.4, -0.2) is 16.0 Å². The number of nitro benzene ring substituents is 1. The van der Waals surface area contributed by atoms with Gasteiger partial charge in [0.2, 0.25) is 0 Å². The van der Waals surface area contributed by atoms with Gasteiger partial charge in [-0.3, -0.25) is 10.1 Å². The topological polar surface area (TPSA) is 92.5 Å². The van der Waals surface area contributed by atoms with Gasteiger partial charge in [0, 0.05) is 27.2 Å². The summed E-state index contributed by atoms with van der Waals surface area (Å²) in [6.45, 7) is 0. The lowest BCUT2D eigenvalue weighted by Crippen LogP contribution is -2.19. The smallest absolute Gasteiger partial charge is 0.331 e. The van der Waals surface area contributed by atoms with E-state index in [-0.39, 0.29) is 5.69 Å². The first-order valence-electron chi connectivity index (χ1n) is 5.45. The van der Waals surface area contributed by atoms with Crippen LogP contribution < -0.4 is 5.32 Å². The summed E-state index contributed by atoms with van der Waals surface area (Å²) in [5, 5.41) is 24.6. The highest BCUT2D eigenvalue weighted by Gasteiger charge is 2.22. The summed E-state index contributed by atoms with van der Waals surface area (Å²) in [6, 6.07) is 6.72. The molecule has 1 unspecified atom stereocenters. The van der Waals surface area contributed by atoms with E-state index in [0.717, 1.165) is 0 Å². The second kappa shape index (κ2) is 6.02. The molecular formula is C12H9BrN2O4S. The van der Waals surface area contributed by atoms with Crippen molar-refractivity contribution in [3.8, 4) is 0 Å². The molecule has 0 aliphatic carbocycles. The number of anilines is 1. The Morgan fingerprint density at radius 3 is 2.70 bits per heavy atom. The van der Waals surface area contributed by atoms with Gasteiger partial charge in [-0.1, -0.05) is 6.07 Å². The number of nitrogens with zero attached hydrogens (tertiary/aromatic N) is 1. The lowest BCUT2D eigenvalue weighted by molar-refractivity contribution is -0.384. The minimum atomic E-state index is -1.02. The summed E-state index contributed by atoms with van der Waals surface area (Å²) < 4.78 is 0.439. The van der Waals surface area contributed by atoms with Gasteiger partial charge in [0.1, 0.15) is 0 Å². The van der Waals surface area contributed by atoms with E-state index in [1.807, 2.05) is 0 Å². The molecule has 0 amide bonds. The van der Waals surface area contributed by atoms with Gasteiger partial charge in [-0.2, -0.15) is 0 Å². The summed E-state index contributed by atoms with van der Waals surface area (Å²) in [5.74, 6) is -1.02. The fraction of sp³-hybridized carbons (Fsp3) is 0.0833. The van der Waals surface area contributed by atoms with Crippen LogP contribution in [0.5, 0.6) is 0 Å². The van der Waals surface area contributed by atoms with E-state index >= 15 is 0 Å². The van der Waals surface area contributed by atoms with Crippen molar-refractivity contribution in [3.05, 3.63) is 55.2 Å². The van der Waals surface area contributed by atoms with Crippen molar-refractivity contribution in [1.29, 1.82) is 0 Å². The number of non-ortho nitro benzene ring substituents is 1. The van der Waals surface area contributed by atoms with Crippen LogP contribution in [0.25, 0.3) is 0 Å². The van der Waals surface area contributed by atoms with E-state index in [9.17, 15) is 20.0 Å². The van der Waals surface area contributed by atoms with Crippen molar-refractivity contribution in [1.82, 2.24) is 0 Å². The summed E-state index contributed by atoms with van der Waals surface area (Å²) in [7, 11) is 0. The van der Waals surface area contributed by atoms with E-state index in [2.05, 4.69) is 21.2 Å². The fourth-order valence-corrected chi connectivity index (χ4v) is 2.85. The summed E-state index contributed by atoms with van der Waals surface area (Å²) in [6.07, 6.45) is 0. The quantitative estimate of drug-likeness (QED) is 0.629. The van der Waals surface area contributed by atoms with Gasteiger partial charge >= 0.3 is 5.97 Å². The van der Waals surface area contributed by atoms with Crippen molar-refractivity contribution < 1.29 is 14.8 Å². The number of thiophene rings is 1. The van der Waals surface area contributed by atoms with Crippen molar-refractivity contribution >= 4 is 44.6 Å². The Balaban J connectivity index is 2.28. The largest absolute Gasteiger partial charge is 0.479 e. The van der Waals surface area contributed by atoms with E-state index in [4.69, 9.17) is 0 Å². The number of carboxylic acids is 1. The number of halogens is 1. The average Bonchev–Trinajstić information content (AvgIpc) is 2.90. The maximum absolute atomic E-state index is 11.3. The Kier molecular flexibility index (Phi) is 4.35. The van der Waals surface area contributed by atoms with E-state index < -0.39 is 16.9 Å². The molecule has 0 aliphatic rings. The van der Waals surface area contributed by atoms with Gasteiger partial charge in [-0.25, -0.2) is 4.79 Å². The molecule has 6 nitrogen and oxygen atoms in total. The molecular weight excluding hydrogens is 348 g/mol. The molecule has 0 radical (unpaired) electrons. The lowest BCUT2D eigenvalue weighted by atomic mass is 10.2. The van der Waals surface area contributed by atoms with Crippen LogP contribution in [0.4, 0.5) is 11.4 Å². The molecule has 0 spiro atoms. The third kappa shape index (κ3) is 3.14. The Labute approximate surface area is 126 Å². The summed E-state index contributed by atoms with van der Waals surface area (Å²) >= 11 is 4.53. The fourth-order valence-electron chi connectivity index (χ4n) is 1.60. The van der Waals surface area contributed by atoms with Gasteiger partial charge in [0.25, 0.3) is 5.69 Å². The molecule has 1 atom stereocenters. The van der Waals surface area contributed by atoms with E-state index in [1.165, 1.54) is 29.5 Å². The molecule has 1 aromatic heterocycles. The first-order chi connectivity index (χ1) is 9.49. The molecule has 2 rings (SSSR count). The molecule has 0 aliphatic heterocycles.